The van der Waals surface area contributed by atoms with Crippen LogP contribution in [0, 0.1) is 0 Å². The van der Waals surface area contributed by atoms with Crippen molar-refractivity contribution in [2.24, 2.45) is 0 Å². The molecule has 0 aliphatic heterocycles. The van der Waals surface area contributed by atoms with Gasteiger partial charge in [0.25, 0.3) is 0 Å². The molecule has 1 atom stereocenters. The van der Waals surface area contributed by atoms with Gasteiger partial charge in [0, 0.05) is 16.5 Å². The summed E-state index contributed by atoms with van der Waals surface area (Å²) in [5.74, 6) is -0.279. The van der Waals surface area contributed by atoms with Gasteiger partial charge in [0.1, 0.15) is 12.0 Å². The highest BCUT2D eigenvalue weighted by molar-refractivity contribution is 9.10. The quantitative estimate of drug-likeness (QED) is 0.833. The van der Waals surface area contributed by atoms with E-state index in [1.807, 2.05) is 0 Å². The lowest BCUT2D eigenvalue weighted by molar-refractivity contribution is -0.108. The Kier molecular flexibility index (Phi) is 3.33. The summed E-state index contributed by atoms with van der Waals surface area (Å²) >= 11 is 8.91. The van der Waals surface area contributed by atoms with E-state index in [2.05, 4.69) is 15.9 Å². The number of phenolic OH excluding ortho intramolecular Hbond substituents is 1. The second-order valence-corrected chi connectivity index (χ2v) is 4.04. The largest absolute Gasteiger partial charge is 0.506 e. The van der Waals surface area contributed by atoms with E-state index in [1.165, 1.54) is 0 Å². The van der Waals surface area contributed by atoms with Crippen molar-refractivity contribution in [2.45, 2.75) is 12.8 Å². The molecule has 70 valence electrons. The molecule has 0 saturated heterocycles. The first kappa shape index (κ1) is 10.5. The number of carbonyl (C=O) groups excluding carboxylic acids is 1. The lowest BCUT2D eigenvalue weighted by Gasteiger charge is -2.08. The van der Waals surface area contributed by atoms with Crippen LogP contribution in [0.5, 0.6) is 5.75 Å². The molecule has 4 heteroatoms. The molecule has 0 bridgehead atoms. The zero-order valence-corrected chi connectivity index (χ0v) is 9.26. The number of phenols is 1. The molecule has 1 unspecified atom stereocenters. The predicted molar refractivity (Wildman–Crippen MR) is 55.3 cm³/mol. The van der Waals surface area contributed by atoms with Crippen LogP contribution in [0.2, 0.25) is 5.02 Å². The fourth-order valence-corrected chi connectivity index (χ4v) is 1.84. The maximum absolute atomic E-state index is 10.5. The maximum atomic E-state index is 10.5. The van der Waals surface area contributed by atoms with Crippen molar-refractivity contribution in [1.29, 1.82) is 0 Å². The molecule has 1 aromatic rings. The smallest absolute Gasteiger partial charge is 0.133 e. The highest BCUT2D eigenvalue weighted by Crippen LogP contribution is 2.34. The molecule has 0 amide bonds. The normalized spacial score (nSPS) is 12.5. The Morgan fingerprint density at radius 2 is 2.23 bits per heavy atom. The second-order valence-electron chi connectivity index (χ2n) is 2.75. The van der Waals surface area contributed by atoms with Gasteiger partial charge < -0.3 is 9.90 Å². The molecule has 1 aromatic carbocycles. The molecule has 0 aliphatic rings. The summed E-state index contributed by atoms with van der Waals surface area (Å²) in [7, 11) is 0. The average molecular weight is 264 g/mol. The van der Waals surface area contributed by atoms with Gasteiger partial charge in [-0.15, -0.1) is 0 Å². The predicted octanol–water partition coefficient (Wildman–Crippen LogP) is 3.11. The lowest BCUT2D eigenvalue weighted by atomic mass is 10.0. The van der Waals surface area contributed by atoms with Crippen LogP contribution >= 0.6 is 27.5 Å². The topological polar surface area (TPSA) is 37.3 Å². The Bertz CT molecular complexity index is 339. The third kappa shape index (κ3) is 2.23. The summed E-state index contributed by atoms with van der Waals surface area (Å²) < 4.78 is 0.503. The van der Waals surface area contributed by atoms with Crippen molar-refractivity contribution < 1.29 is 9.90 Å². The highest BCUT2D eigenvalue weighted by Gasteiger charge is 2.12. The number of hydrogen-bond acceptors (Lipinski definition) is 2. The first-order valence-corrected chi connectivity index (χ1v) is 4.86. The molecular weight excluding hydrogens is 255 g/mol. The van der Waals surface area contributed by atoms with Gasteiger partial charge in [-0.3, -0.25) is 0 Å². The van der Waals surface area contributed by atoms with Crippen LogP contribution in [0.1, 0.15) is 18.4 Å². The Hall–Kier alpha value is -0.540. The molecule has 0 heterocycles. The minimum absolute atomic E-state index is 0.0731. The summed E-state index contributed by atoms with van der Waals surface area (Å²) in [5, 5.41) is 10.1. The standard InChI is InChI=1S/C9H8BrClO2/c1-5(4-12)7-2-6(11)3-8(10)9(7)13/h2-5,13H,1H3. The van der Waals surface area contributed by atoms with E-state index in [0.29, 0.717) is 15.1 Å². The summed E-state index contributed by atoms with van der Waals surface area (Å²) in [4.78, 5) is 10.5. The maximum Gasteiger partial charge on any atom is 0.133 e. The molecule has 0 fully saturated rings. The van der Waals surface area contributed by atoms with Gasteiger partial charge in [0.2, 0.25) is 0 Å². The van der Waals surface area contributed by atoms with Crippen molar-refractivity contribution in [3.63, 3.8) is 0 Å². The number of hydrogen-bond donors (Lipinski definition) is 1. The molecular formula is C9H8BrClO2. The van der Waals surface area contributed by atoms with Gasteiger partial charge in [-0.1, -0.05) is 18.5 Å². The van der Waals surface area contributed by atoms with Gasteiger partial charge in [-0.2, -0.15) is 0 Å². The van der Waals surface area contributed by atoms with Crippen LogP contribution < -0.4 is 0 Å². The van der Waals surface area contributed by atoms with Crippen LogP contribution in [0.4, 0.5) is 0 Å². The van der Waals surface area contributed by atoms with Gasteiger partial charge in [-0.25, -0.2) is 0 Å². The van der Waals surface area contributed by atoms with Gasteiger partial charge in [-0.05, 0) is 28.1 Å². The molecule has 1 rings (SSSR count). The molecule has 13 heavy (non-hydrogen) atoms. The van der Waals surface area contributed by atoms with Gasteiger partial charge in [0.05, 0.1) is 4.47 Å². The first-order valence-electron chi connectivity index (χ1n) is 3.69. The summed E-state index contributed by atoms with van der Waals surface area (Å²) in [6.45, 7) is 1.70. The zero-order chi connectivity index (χ0) is 10.0. The van der Waals surface area contributed by atoms with Crippen LogP contribution in [0.15, 0.2) is 16.6 Å². The summed E-state index contributed by atoms with van der Waals surface area (Å²) in [6.07, 6.45) is 0.762. The number of halogens is 2. The van der Waals surface area contributed by atoms with E-state index in [-0.39, 0.29) is 11.7 Å². The SMILES string of the molecule is CC(C=O)c1cc(Cl)cc(Br)c1O. The fourth-order valence-electron chi connectivity index (χ4n) is 1.01. The molecule has 0 spiro atoms. The third-order valence-electron chi connectivity index (χ3n) is 1.75. The van der Waals surface area contributed by atoms with E-state index in [0.717, 1.165) is 6.29 Å². The van der Waals surface area contributed by atoms with Gasteiger partial charge >= 0.3 is 0 Å². The Morgan fingerprint density at radius 3 is 2.77 bits per heavy atom. The van der Waals surface area contributed by atoms with E-state index in [4.69, 9.17) is 11.6 Å². The molecule has 0 aromatic heterocycles. The molecule has 1 N–H and O–H groups in total. The van der Waals surface area contributed by atoms with Crippen molar-refractivity contribution in [1.82, 2.24) is 0 Å². The minimum atomic E-state index is -0.352. The van der Waals surface area contributed by atoms with E-state index >= 15 is 0 Å². The molecule has 2 nitrogen and oxygen atoms in total. The number of benzene rings is 1. The van der Waals surface area contributed by atoms with Crippen LogP contribution in [0.3, 0.4) is 0 Å². The lowest BCUT2D eigenvalue weighted by Crippen LogP contribution is -1.95. The Labute approximate surface area is 89.7 Å². The second kappa shape index (κ2) is 4.11. The van der Waals surface area contributed by atoms with E-state index in [1.54, 1.807) is 19.1 Å². The minimum Gasteiger partial charge on any atom is -0.506 e. The highest BCUT2D eigenvalue weighted by atomic mass is 79.9. The van der Waals surface area contributed by atoms with Crippen molar-refractivity contribution >= 4 is 33.8 Å². The fraction of sp³-hybridized carbons (Fsp3) is 0.222. The van der Waals surface area contributed by atoms with E-state index in [9.17, 15) is 9.90 Å². The monoisotopic (exact) mass is 262 g/mol. The van der Waals surface area contributed by atoms with Gasteiger partial charge in [0.15, 0.2) is 0 Å². The number of aromatic hydroxyl groups is 1. The molecule has 0 saturated carbocycles. The third-order valence-corrected chi connectivity index (χ3v) is 2.58. The first-order chi connectivity index (χ1) is 6.06. The van der Waals surface area contributed by atoms with Crippen molar-refractivity contribution in [3.8, 4) is 5.75 Å². The van der Waals surface area contributed by atoms with Crippen molar-refractivity contribution in [3.05, 3.63) is 27.2 Å². The average Bonchev–Trinajstić information content (AvgIpc) is 2.10. The Morgan fingerprint density at radius 1 is 1.62 bits per heavy atom. The number of rotatable bonds is 2. The van der Waals surface area contributed by atoms with Crippen molar-refractivity contribution in [2.75, 3.05) is 0 Å². The van der Waals surface area contributed by atoms with Crippen LogP contribution in [-0.2, 0) is 4.79 Å². The summed E-state index contributed by atoms with van der Waals surface area (Å²) in [5.41, 5.74) is 0.536. The zero-order valence-electron chi connectivity index (χ0n) is 6.92. The number of carbonyl (C=O) groups is 1. The Balaban J connectivity index is 3.27. The summed E-state index contributed by atoms with van der Waals surface area (Å²) in [6, 6.07) is 3.17. The molecule has 0 aliphatic carbocycles. The molecule has 0 radical (unpaired) electrons. The number of aldehydes is 1. The van der Waals surface area contributed by atoms with Crippen LogP contribution in [0.25, 0.3) is 0 Å². The van der Waals surface area contributed by atoms with Crippen LogP contribution in [-0.4, -0.2) is 11.4 Å². The van der Waals surface area contributed by atoms with E-state index < -0.39 is 0 Å².